The molecule has 9 heterocycles. The van der Waals surface area contributed by atoms with E-state index in [1.807, 2.05) is 15.0 Å². The molecule has 0 aromatic carbocycles. The topological polar surface area (TPSA) is 436 Å². The molecule has 3 aliphatic heterocycles. The number of rotatable bonds is 15. The first-order valence-electron chi connectivity index (χ1n) is 19.9. The van der Waals surface area contributed by atoms with Crippen molar-refractivity contribution in [2.24, 2.45) is 0 Å². The molecule has 12 atom stereocenters. The molecule has 0 saturated carbocycles. The minimum absolute atomic E-state index is 0.211. The number of phosphoric ester groups is 1. The Bertz CT molecular complexity index is 2830. The second-order valence-electron chi connectivity index (χ2n) is 15.1. The molecule has 3 aliphatic rings. The van der Waals surface area contributed by atoms with Crippen molar-refractivity contribution in [1.82, 2.24) is 43.6 Å². The van der Waals surface area contributed by atoms with Crippen LogP contribution in [0.3, 0.4) is 0 Å². The maximum absolute atomic E-state index is 14.5. The molecule has 0 aliphatic carbocycles. The zero-order valence-electron chi connectivity index (χ0n) is 34.1. The van der Waals surface area contributed by atoms with E-state index in [0.717, 1.165) is 37.4 Å². The van der Waals surface area contributed by atoms with Crippen molar-refractivity contribution in [1.29, 1.82) is 0 Å². The fourth-order valence-electron chi connectivity index (χ4n) is 7.45. The van der Waals surface area contributed by atoms with Crippen molar-refractivity contribution in [2.75, 3.05) is 19.8 Å². The lowest BCUT2D eigenvalue weighted by molar-refractivity contribution is -0.0749. The Morgan fingerprint density at radius 1 is 0.485 bits per heavy atom. The molecule has 0 amide bonds. The molecule has 0 bridgehead atoms. The standard InChI is InChI=1S/C36H36N9O22P/c46-19-16(65-31(22(19)49)43-7-13(25(52)40-34(43)55)28-37-1-4-59-28)10-62-68(58,63-11-17-20(47)23(50)32(66-17)44-8-14(26(53)41-35(44)56)29-38-2-5-60-29)64-12-18-21(48)24(51)33(67-18)45-9-15(27(54)42-36(45)57)30-39-3-6-61-30/h1-9,16-24,31-33,46-51H,10-12H2,(H,40,52,55)(H,41,53,56)(H,42,54,57)/t16-,17-,18-,19-,20-,21-,22-,23-,24-,31-,32-,33-/m1/s1. The van der Waals surface area contributed by atoms with Crippen LogP contribution in [-0.4, -0.2) is 149 Å². The van der Waals surface area contributed by atoms with Gasteiger partial charge in [0.05, 0.1) is 38.4 Å². The van der Waals surface area contributed by atoms with Crippen LogP contribution < -0.4 is 33.7 Å². The molecule has 6 aromatic heterocycles. The third-order valence-corrected chi connectivity index (χ3v) is 12.3. The van der Waals surface area contributed by atoms with Crippen molar-refractivity contribution < 1.29 is 76.2 Å². The molecule has 3 fully saturated rings. The highest BCUT2D eigenvalue weighted by Crippen LogP contribution is 2.52. The average molecular weight is 978 g/mol. The Morgan fingerprint density at radius 3 is 1.01 bits per heavy atom. The summed E-state index contributed by atoms with van der Waals surface area (Å²) >= 11 is 0. The molecular weight excluding hydrogens is 941 g/mol. The minimum Gasteiger partial charge on any atom is -0.444 e. The van der Waals surface area contributed by atoms with Gasteiger partial charge in [-0.2, -0.15) is 0 Å². The predicted octanol–water partition coefficient (Wildman–Crippen LogP) is -4.38. The lowest BCUT2D eigenvalue weighted by atomic mass is 10.1. The van der Waals surface area contributed by atoms with Gasteiger partial charge in [-0.25, -0.2) is 33.9 Å². The largest absolute Gasteiger partial charge is 0.475 e. The second-order valence-corrected chi connectivity index (χ2v) is 16.8. The third-order valence-electron chi connectivity index (χ3n) is 10.9. The quantitative estimate of drug-likeness (QED) is 0.0439. The van der Waals surface area contributed by atoms with Gasteiger partial charge in [0.25, 0.3) is 16.7 Å². The summed E-state index contributed by atoms with van der Waals surface area (Å²) in [5, 5.41) is 66.0. The van der Waals surface area contributed by atoms with Crippen LogP contribution in [0.4, 0.5) is 0 Å². The summed E-state index contributed by atoms with van der Waals surface area (Å²) in [5.74, 6) is -0.634. The maximum Gasteiger partial charge on any atom is 0.475 e. The van der Waals surface area contributed by atoms with Gasteiger partial charge < -0.3 is 58.1 Å². The lowest BCUT2D eigenvalue weighted by Crippen LogP contribution is -2.38. The van der Waals surface area contributed by atoms with Gasteiger partial charge in [-0.15, -0.1) is 0 Å². The summed E-state index contributed by atoms with van der Waals surface area (Å²) in [7, 11) is -5.19. The molecule has 68 heavy (non-hydrogen) atoms. The molecule has 9 rings (SSSR count). The number of oxazole rings is 3. The van der Waals surface area contributed by atoms with Crippen LogP contribution in [0.2, 0.25) is 0 Å². The number of nitrogens with zero attached hydrogens (tertiary/aromatic N) is 6. The molecule has 0 radical (unpaired) electrons. The van der Waals surface area contributed by atoms with Gasteiger partial charge in [-0.3, -0.25) is 56.6 Å². The normalized spacial score (nSPS) is 28.4. The van der Waals surface area contributed by atoms with Crippen LogP contribution in [0.25, 0.3) is 34.4 Å². The summed E-state index contributed by atoms with van der Waals surface area (Å²) in [6.07, 6.45) is -11.6. The summed E-state index contributed by atoms with van der Waals surface area (Å²) < 4.78 is 65.8. The van der Waals surface area contributed by atoms with Crippen LogP contribution in [-0.2, 0) is 32.3 Å². The number of nitrogens with one attached hydrogen (secondary N) is 3. The molecule has 3 saturated heterocycles. The van der Waals surface area contributed by atoms with Gasteiger partial charge in [0.15, 0.2) is 18.7 Å². The first-order chi connectivity index (χ1) is 32.5. The summed E-state index contributed by atoms with van der Waals surface area (Å²) in [4.78, 5) is 93.8. The Kier molecular flexibility index (Phi) is 12.6. The van der Waals surface area contributed by atoms with Crippen LogP contribution in [0.5, 0.6) is 0 Å². The minimum atomic E-state index is -5.19. The number of H-pyrrole nitrogens is 3. The Balaban J connectivity index is 0.950. The van der Waals surface area contributed by atoms with Gasteiger partial charge in [-0.1, -0.05) is 0 Å². The Morgan fingerprint density at radius 2 is 0.765 bits per heavy atom. The van der Waals surface area contributed by atoms with Crippen LogP contribution >= 0.6 is 7.82 Å². The highest BCUT2D eigenvalue weighted by Gasteiger charge is 2.50. The number of aromatic amines is 3. The smallest absolute Gasteiger partial charge is 0.444 e. The van der Waals surface area contributed by atoms with E-state index in [0.29, 0.717) is 13.7 Å². The van der Waals surface area contributed by atoms with E-state index in [9.17, 15) is 64.0 Å². The molecule has 362 valence electrons. The Labute approximate surface area is 373 Å². The van der Waals surface area contributed by atoms with Crippen LogP contribution in [0.1, 0.15) is 18.7 Å². The molecule has 6 aromatic rings. The Hall–Kier alpha value is -6.58. The van der Waals surface area contributed by atoms with Crippen LogP contribution in [0, 0.1) is 0 Å². The third kappa shape index (κ3) is 8.73. The van der Waals surface area contributed by atoms with Gasteiger partial charge in [0.1, 0.15) is 90.4 Å². The fourth-order valence-corrected chi connectivity index (χ4v) is 8.66. The monoisotopic (exact) mass is 977 g/mol. The van der Waals surface area contributed by atoms with E-state index >= 15 is 0 Å². The van der Waals surface area contributed by atoms with Gasteiger partial charge >= 0.3 is 24.9 Å². The van der Waals surface area contributed by atoms with Crippen molar-refractivity contribution >= 4 is 7.82 Å². The molecule has 9 N–H and O–H groups in total. The zero-order valence-corrected chi connectivity index (χ0v) is 35.0. The van der Waals surface area contributed by atoms with E-state index in [-0.39, 0.29) is 34.4 Å². The fraction of sp³-hybridized carbons (Fsp3) is 0.417. The first-order valence-corrected chi connectivity index (χ1v) is 21.3. The average Bonchev–Trinajstić information content (AvgIpc) is 4.19. The number of hydrogen-bond donors (Lipinski definition) is 9. The number of phosphoric acid groups is 1. The SMILES string of the molecule is O=c1[nH]c(=O)n([C@@H]2O[C@H](COP(=O)(OC[C@H]3O[C@@H](n4cc(-c5ncco5)c(=O)[nH]c4=O)[C@H](O)[C@@H]3O)OC[C@H]3O[C@@H](n4cc(-c5ncco5)c(=O)[nH]c4=O)[C@H](O)[C@@H]3O)[C@@H](O)[C@H]2O)cc1-c1ncco1. The second kappa shape index (κ2) is 18.5. The summed E-state index contributed by atoms with van der Waals surface area (Å²) in [6, 6.07) is 0. The van der Waals surface area contributed by atoms with E-state index in [4.69, 9.17) is 41.0 Å². The highest BCUT2D eigenvalue weighted by atomic mass is 31.2. The molecular formula is C36H36N9O22P. The zero-order chi connectivity index (χ0) is 48.2. The van der Waals surface area contributed by atoms with Crippen molar-refractivity contribution in [3.8, 4) is 34.4 Å². The van der Waals surface area contributed by atoms with Crippen molar-refractivity contribution in [3.05, 3.63) is 118 Å². The highest BCUT2D eigenvalue weighted by molar-refractivity contribution is 7.48. The molecule has 32 heteroatoms. The maximum atomic E-state index is 14.5. The van der Waals surface area contributed by atoms with Gasteiger partial charge in [-0.05, 0) is 0 Å². The molecule has 0 spiro atoms. The number of aliphatic hydroxyl groups is 6. The van der Waals surface area contributed by atoms with Crippen molar-refractivity contribution in [3.63, 3.8) is 0 Å². The lowest BCUT2D eigenvalue weighted by Gasteiger charge is -2.24. The molecule has 0 unspecified atom stereocenters. The van der Waals surface area contributed by atoms with Gasteiger partial charge in [0.2, 0.25) is 17.7 Å². The van der Waals surface area contributed by atoms with E-state index in [1.165, 1.54) is 18.6 Å². The molecule has 31 nitrogen and oxygen atoms in total. The summed E-state index contributed by atoms with van der Waals surface area (Å²) in [5.41, 5.74) is -6.81. The van der Waals surface area contributed by atoms with E-state index in [2.05, 4.69) is 15.0 Å². The number of aliphatic hydroxyl groups excluding tert-OH is 6. The summed E-state index contributed by atoms with van der Waals surface area (Å²) in [6.45, 7) is -2.95. The van der Waals surface area contributed by atoms with Crippen molar-refractivity contribution in [2.45, 2.75) is 73.6 Å². The van der Waals surface area contributed by atoms with Gasteiger partial charge in [0, 0.05) is 18.6 Å². The predicted molar refractivity (Wildman–Crippen MR) is 214 cm³/mol. The number of ether oxygens (including phenoxy) is 3. The van der Waals surface area contributed by atoms with Crippen LogP contribution in [0.15, 0.2) is 98.0 Å². The van der Waals surface area contributed by atoms with E-state index in [1.54, 1.807) is 0 Å². The number of hydrogen-bond acceptors (Lipinski definition) is 25. The first kappa shape index (κ1) is 46.5. The number of aromatic nitrogens is 9. The van der Waals surface area contributed by atoms with E-state index < -0.39 is 135 Å².